The van der Waals surface area contributed by atoms with E-state index in [1.54, 1.807) is 0 Å². The topological polar surface area (TPSA) is 0 Å². The molecule has 192 valence electrons. The highest BCUT2D eigenvalue weighted by molar-refractivity contribution is 6.30. The van der Waals surface area contributed by atoms with Gasteiger partial charge in [0.05, 0.1) is 10.6 Å². The third-order valence-electron chi connectivity index (χ3n) is 7.77. The van der Waals surface area contributed by atoms with Crippen molar-refractivity contribution < 1.29 is 13.2 Å². The van der Waals surface area contributed by atoms with Crippen LogP contribution in [0.5, 0.6) is 0 Å². The van der Waals surface area contributed by atoms with Crippen LogP contribution in [0.4, 0.5) is 13.2 Å². The summed E-state index contributed by atoms with van der Waals surface area (Å²) in [7, 11) is 0. The number of aryl methyl sites for hydroxylation is 2. The molecule has 0 unspecified atom stereocenters. The van der Waals surface area contributed by atoms with Crippen LogP contribution in [0.25, 0.3) is 11.1 Å². The molecule has 0 aliphatic heterocycles. The highest BCUT2D eigenvalue weighted by atomic mass is 35.5. The first kappa shape index (κ1) is 26.8. The summed E-state index contributed by atoms with van der Waals surface area (Å²) < 4.78 is 43.3. The molecule has 0 saturated heterocycles. The van der Waals surface area contributed by atoms with Gasteiger partial charge in [0.2, 0.25) is 0 Å². The predicted molar refractivity (Wildman–Crippen MR) is 144 cm³/mol. The second-order valence-electron chi connectivity index (χ2n) is 10.4. The van der Waals surface area contributed by atoms with Crippen LogP contribution in [0, 0.1) is 23.4 Å². The molecular formula is C32H36ClF3. The molecule has 3 aromatic carbocycles. The molecule has 4 heteroatoms. The van der Waals surface area contributed by atoms with Gasteiger partial charge in [0, 0.05) is 0 Å². The average Bonchev–Trinajstić information content (AvgIpc) is 2.88. The number of unbranched alkanes of at least 4 members (excludes halogenated alkanes) is 3. The Morgan fingerprint density at radius 3 is 2.06 bits per heavy atom. The van der Waals surface area contributed by atoms with Gasteiger partial charge in [0.15, 0.2) is 0 Å². The average molecular weight is 513 g/mol. The quantitative estimate of drug-likeness (QED) is 0.237. The number of hydrogen-bond donors (Lipinski definition) is 0. The van der Waals surface area contributed by atoms with Gasteiger partial charge in [0.25, 0.3) is 0 Å². The summed E-state index contributed by atoms with van der Waals surface area (Å²) in [5.41, 5.74) is 3.49. The molecule has 1 fully saturated rings. The first-order valence-electron chi connectivity index (χ1n) is 13.5. The third-order valence-corrected chi connectivity index (χ3v) is 8.07. The molecule has 0 heterocycles. The van der Waals surface area contributed by atoms with E-state index in [0.717, 1.165) is 25.3 Å². The van der Waals surface area contributed by atoms with Gasteiger partial charge in [-0.05, 0) is 110 Å². The van der Waals surface area contributed by atoms with Crippen molar-refractivity contribution in [2.75, 3.05) is 0 Å². The SMILES string of the molecule is CCCCCCc1ccc(C2CCC(CCc3cc(F)c(-c4ccc(Cl)c(F)c4)c(F)c3)CC2)cc1. The smallest absolute Gasteiger partial charge is 0.142 e. The predicted octanol–water partition coefficient (Wildman–Crippen LogP) is 10.5. The molecule has 0 amide bonds. The largest absolute Gasteiger partial charge is 0.206 e. The van der Waals surface area contributed by atoms with Gasteiger partial charge in [0.1, 0.15) is 17.5 Å². The zero-order valence-electron chi connectivity index (χ0n) is 21.1. The highest BCUT2D eigenvalue weighted by Gasteiger charge is 2.23. The minimum Gasteiger partial charge on any atom is -0.206 e. The molecule has 4 rings (SSSR count). The molecule has 3 aromatic rings. The van der Waals surface area contributed by atoms with Crippen molar-refractivity contribution in [3.05, 3.63) is 93.8 Å². The van der Waals surface area contributed by atoms with E-state index in [1.807, 2.05) is 0 Å². The summed E-state index contributed by atoms with van der Waals surface area (Å²) in [6.07, 6.45) is 12.6. The zero-order chi connectivity index (χ0) is 25.5. The van der Waals surface area contributed by atoms with E-state index < -0.39 is 17.5 Å². The summed E-state index contributed by atoms with van der Waals surface area (Å²) in [4.78, 5) is 0. The van der Waals surface area contributed by atoms with Crippen LogP contribution in [0.15, 0.2) is 54.6 Å². The Kier molecular flexibility index (Phi) is 9.53. The fourth-order valence-electron chi connectivity index (χ4n) is 5.56. The van der Waals surface area contributed by atoms with Crippen LogP contribution in [0.2, 0.25) is 5.02 Å². The van der Waals surface area contributed by atoms with Gasteiger partial charge in [-0.3, -0.25) is 0 Å². The van der Waals surface area contributed by atoms with Crippen LogP contribution in [-0.4, -0.2) is 0 Å². The van der Waals surface area contributed by atoms with Gasteiger partial charge in [-0.25, -0.2) is 13.2 Å². The Bertz CT molecular complexity index is 1110. The summed E-state index contributed by atoms with van der Waals surface area (Å²) >= 11 is 5.70. The molecule has 1 aliphatic rings. The normalized spacial score (nSPS) is 17.9. The Labute approximate surface area is 218 Å². The van der Waals surface area contributed by atoms with Crippen molar-refractivity contribution >= 4 is 11.6 Å². The number of halogens is 4. The van der Waals surface area contributed by atoms with Gasteiger partial charge < -0.3 is 0 Å². The van der Waals surface area contributed by atoms with E-state index in [9.17, 15) is 13.2 Å². The van der Waals surface area contributed by atoms with Crippen molar-refractivity contribution in [1.82, 2.24) is 0 Å². The minimum absolute atomic E-state index is 0.0688. The van der Waals surface area contributed by atoms with Gasteiger partial charge in [-0.1, -0.05) is 68.1 Å². The first-order valence-corrected chi connectivity index (χ1v) is 13.8. The Balaban J connectivity index is 1.27. The molecule has 1 aliphatic carbocycles. The number of hydrogen-bond acceptors (Lipinski definition) is 0. The lowest BCUT2D eigenvalue weighted by Gasteiger charge is -2.29. The molecule has 36 heavy (non-hydrogen) atoms. The van der Waals surface area contributed by atoms with Crippen LogP contribution in [-0.2, 0) is 12.8 Å². The molecule has 0 bridgehead atoms. The van der Waals surface area contributed by atoms with Crippen LogP contribution < -0.4 is 0 Å². The summed E-state index contributed by atoms with van der Waals surface area (Å²) in [6, 6.07) is 15.9. The van der Waals surface area contributed by atoms with E-state index in [2.05, 4.69) is 31.2 Å². The van der Waals surface area contributed by atoms with E-state index in [-0.39, 0.29) is 16.1 Å². The van der Waals surface area contributed by atoms with E-state index in [1.165, 1.54) is 80.3 Å². The Hall–Kier alpha value is -2.26. The maximum absolute atomic E-state index is 14.8. The molecular weight excluding hydrogens is 477 g/mol. The van der Waals surface area contributed by atoms with E-state index in [4.69, 9.17) is 11.6 Å². The fraction of sp³-hybridized carbons (Fsp3) is 0.438. The minimum atomic E-state index is -0.689. The van der Waals surface area contributed by atoms with Crippen molar-refractivity contribution in [2.24, 2.45) is 5.92 Å². The van der Waals surface area contributed by atoms with Crippen LogP contribution >= 0.6 is 11.6 Å². The maximum Gasteiger partial charge on any atom is 0.142 e. The lowest BCUT2D eigenvalue weighted by Crippen LogP contribution is -2.14. The fourth-order valence-corrected chi connectivity index (χ4v) is 5.68. The summed E-state index contributed by atoms with van der Waals surface area (Å²) in [5.74, 6) is -0.820. The molecule has 0 atom stereocenters. The molecule has 1 saturated carbocycles. The Morgan fingerprint density at radius 2 is 1.42 bits per heavy atom. The highest BCUT2D eigenvalue weighted by Crippen LogP contribution is 2.38. The van der Waals surface area contributed by atoms with E-state index >= 15 is 0 Å². The van der Waals surface area contributed by atoms with Crippen LogP contribution in [0.1, 0.15) is 87.3 Å². The lowest BCUT2D eigenvalue weighted by atomic mass is 9.76. The van der Waals surface area contributed by atoms with Crippen LogP contribution in [0.3, 0.4) is 0 Å². The standard InChI is InChI=1S/C32H36ClF3/c1-2-3-4-5-6-22-9-13-25(14-10-22)26-15-11-23(12-16-26)7-8-24-19-30(35)32(31(36)20-24)27-17-18-28(33)29(34)21-27/h9-10,13-14,17-21,23,26H,2-8,11-12,15-16H2,1H3. The first-order chi connectivity index (χ1) is 17.4. The Morgan fingerprint density at radius 1 is 0.722 bits per heavy atom. The van der Waals surface area contributed by atoms with Crippen molar-refractivity contribution in [3.63, 3.8) is 0 Å². The maximum atomic E-state index is 14.8. The monoisotopic (exact) mass is 512 g/mol. The van der Waals surface area contributed by atoms with Gasteiger partial charge in [-0.15, -0.1) is 0 Å². The molecule has 0 aromatic heterocycles. The summed E-state index contributed by atoms with van der Waals surface area (Å²) in [6.45, 7) is 2.24. The molecule has 0 nitrogen and oxygen atoms in total. The number of rotatable bonds is 10. The molecule has 0 spiro atoms. The zero-order valence-corrected chi connectivity index (χ0v) is 21.9. The van der Waals surface area contributed by atoms with Crippen molar-refractivity contribution in [3.8, 4) is 11.1 Å². The van der Waals surface area contributed by atoms with Gasteiger partial charge >= 0.3 is 0 Å². The second kappa shape index (κ2) is 12.8. The summed E-state index contributed by atoms with van der Waals surface area (Å²) in [5, 5.41) is -0.0688. The number of benzene rings is 3. The van der Waals surface area contributed by atoms with Crippen molar-refractivity contribution in [2.45, 2.75) is 83.5 Å². The molecule has 0 radical (unpaired) electrons. The molecule has 0 N–H and O–H groups in total. The third kappa shape index (κ3) is 6.94. The lowest BCUT2D eigenvalue weighted by molar-refractivity contribution is 0.310. The van der Waals surface area contributed by atoms with E-state index in [0.29, 0.717) is 23.8 Å². The van der Waals surface area contributed by atoms with Crippen molar-refractivity contribution in [1.29, 1.82) is 0 Å². The second-order valence-corrected chi connectivity index (χ2v) is 10.8. The van der Waals surface area contributed by atoms with Gasteiger partial charge in [-0.2, -0.15) is 0 Å².